The molecule has 28 heavy (non-hydrogen) atoms. The predicted molar refractivity (Wildman–Crippen MR) is 108 cm³/mol. The number of aliphatic hydroxyl groups is 1. The molecule has 4 rings (SSSR count). The number of rotatable bonds is 2. The summed E-state index contributed by atoms with van der Waals surface area (Å²) in [5.74, 6) is 7.51. The Bertz CT molecular complexity index is 943. The van der Waals surface area contributed by atoms with Gasteiger partial charge >= 0.3 is 0 Å². The lowest BCUT2D eigenvalue weighted by Crippen LogP contribution is -2.42. The Kier molecular flexibility index (Phi) is 4.97. The fraction of sp³-hybridized carbons (Fsp3) is 0.348. The van der Waals surface area contributed by atoms with E-state index in [1.165, 1.54) is 0 Å². The molecule has 2 heterocycles. The van der Waals surface area contributed by atoms with Crippen LogP contribution in [0.1, 0.15) is 36.1 Å². The van der Waals surface area contributed by atoms with Crippen LogP contribution in [-0.2, 0) is 4.79 Å². The Morgan fingerprint density at radius 2 is 1.93 bits per heavy atom. The average Bonchev–Trinajstić information content (AvgIpc) is 3.18. The van der Waals surface area contributed by atoms with Gasteiger partial charge in [0, 0.05) is 36.2 Å². The molecule has 0 saturated carbocycles. The number of likely N-dealkylation sites (tertiary alicyclic amines) is 1. The average molecular weight is 376 g/mol. The topological polar surface area (TPSA) is 61.8 Å². The molecular formula is C23H24N2O3. The number of carbonyl (C=O) groups is 1. The van der Waals surface area contributed by atoms with E-state index in [0.29, 0.717) is 0 Å². The minimum Gasteiger partial charge on any atom is -0.497 e. The molecule has 1 saturated heterocycles. The number of benzene rings is 2. The van der Waals surface area contributed by atoms with Gasteiger partial charge in [0.05, 0.1) is 25.8 Å². The molecule has 0 radical (unpaired) electrons. The second-order valence-electron chi connectivity index (χ2n) is 7.32. The van der Waals surface area contributed by atoms with Crippen LogP contribution >= 0.6 is 0 Å². The monoisotopic (exact) mass is 376 g/mol. The van der Waals surface area contributed by atoms with Gasteiger partial charge in [0.1, 0.15) is 5.75 Å². The molecule has 0 unspecified atom stereocenters. The summed E-state index contributed by atoms with van der Waals surface area (Å²) in [6, 6.07) is 13.7. The first kappa shape index (κ1) is 18.4. The number of amides is 1. The van der Waals surface area contributed by atoms with E-state index in [1.807, 2.05) is 41.3 Å². The Hall–Kier alpha value is -2.97. The van der Waals surface area contributed by atoms with E-state index in [0.717, 1.165) is 41.1 Å². The van der Waals surface area contributed by atoms with Crippen LogP contribution in [0.25, 0.3) is 0 Å². The van der Waals surface area contributed by atoms with Gasteiger partial charge in [-0.15, -0.1) is 0 Å². The van der Waals surface area contributed by atoms with Crippen molar-refractivity contribution < 1.29 is 14.6 Å². The van der Waals surface area contributed by atoms with Crippen molar-refractivity contribution in [3.8, 4) is 17.6 Å². The van der Waals surface area contributed by atoms with Gasteiger partial charge in [-0.05, 0) is 54.4 Å². The molecule has 3 atom stereocenters. The number of anilines is 1. The van der Waals surface area contributed by atoms with Crippen LogP contribution in [0.4, 0.5) is 5.69 Å². The van der Waals surface area contributed by atoms with Crippen LogP contribution in [0.3, 0.4) is 0 Å². The summed E-state index contributed by atoms with van der Waals surface area (Å²) in [7, 11) is 1.64. The maximum atomic E-state index is 12.2. The van der Waals surface area contributed by atoms with Crippen LogP contribution in [0, 0.1) is 17.8 Å². The van der Waals surface area contributed by atoms with Gasteiger partial charge in [-0.3, -0.25) is 4.79 Å². The normalized spacial score (nSPS) is 22.4. The highest BCUT2D eigenvalue weighted by Crippen LogP contribution is 2.46. The molecule has 1 amide bonds. The largest absolute Gasteiger partial charge is 0.497 e. The lowest BCUT2D eigenvalue weighted by atomic mass is 9.82. The molecule has 2 aliphatic heterocycles. The molecule has 5 nitrogen and oxygen atoms in total. The zero-order valence-corrected chi connectivity index (χ0v) is 16.1. The quantitative estimate of drug-likeness (QED) is 0.792. The summed E-state index contributed by atoms with van der Waals surface area (Å²) < 4.78 is 5.18. The minimum absolute atomic E-state index is 0.00589. The Morgan fingerprint density at radius 3 is 2.61 bits per heavy atom. The molecule has 0 aromatic heterocycles. The van der Waals surface area contributed by atoms with E-state index in [-0.39, 0.29) is 30.5 Å². The SMILES string of the molecule is COc1ccc(C#Cc2ccc3c(c2)[C@H]2[C@H](CCN2C(C)=O)[C@H](CO)N3)cc1. The van der Waals surface area contributed by atoms with Crippen molar-refractivity contribution in [3.63, 3.8) is 0 Å². The summed E-state index contributed by atoms with van der Waals surface area (Å²) >= 11 is 0. The molecule has 0 spiro atoms. The number of ether oxygens (including phenoxy) is 1. The molecule has 2 N–H and O–H groups in total. The third-order valence-electron chi connectivity index (χ3n) is 5.71. The number of hydrogen-bond acceptors (Lipinski definition) is 4. The standard InChI is InChI=1S/C23H24N2O3/c1-15(27)25-12-11-19-22(14-26)24-21-10-7-17(13-20(21)23(19)25)4-3-16-5-8-18(28-2)9-6-16/h5-10,13,19,22-24,26H,11-12,14H2,1-2H3/t19-,22+,23-/m1/s1. The molecule has 5 heteroatoms. The maximum absolute atomic E-state index is 12.2. The van der Waals surface area contributed by atoms with Crippen LogP contribution < -0.4 is 10.1 Å². The van der Waals surface area contributed by atoms with Crippen molar-refractivity contribution in [2.45, 2.75) is 25.4 Å². The van der Waals surface area contributed by atoms with Crippen molar-refractivity contribution in [3.05, 3.63) is 59.2 Å². The molecule has 2 aromatic carbocycles. The first-order valence-electron chi connectivity index (χ1n) is 9.55. The highest BCUT2D eigenvalue weighted by Gasteiger charge is 2.44. The smallest absolute Gasteiger partial charge is 0.219 e. The van der Waals surface area contributed by atoms with Crippen molar-refractivity contribution in [1.29, 1.82) is 0 Å². The molecule has 2 aromatic rings. The molecule has 2 aliphatic rings. The summed E-state index contributed by atoms with van der Waals surface area (Å²) in [5, 5.41) is 13.2. The number of nitrogens with one attached hydrogen (secondary N) is 1. The van der Waals surface area contributed by atoms with Gasteiger partial charge in [0.2, 0.25) is 5.91 Å². The molecule has 1 fully saturated rings. The lowest BCUT2D eigenvalue weighted by molar-refractivity contribution is -0.130. The molecular weight excluding hydrogens is 352 g/mol. The van der Waals surface area contributed by atoms with Crippen molar-refractivity contribution in [2.75, 3.05) is 25.6 Å². The zero-order chi connectivity index (χ0) is 19.7. The zero-order valence-electron chi connectivity index (χ0n) is 16.1. The van der Waals surface area contributed by atoms with Gasteiger partial charge in [-0.1, -0.05) is 11.8 Å². The third kappa shape index (κ3) is 3.32. The minimum atomic E-state index is -0.0296. The van der Waals surface area contributed by atoms with Crippen LogP contribution in [-0.4, -0.2) is 42.2 Å². The second-order valence-corrected chi connectivity index (χ2v) is 7.32. The summed E-state index contributed by atoms with van der Waals surface area (Å²) in [6.07, 6.45) is 0.893. The van der Waals surface area contributed by atoms with Gasteiger partial charge in [0.15, 0.2) is 0 Å². The number of hydrogen-bond donors (Lipinski definition) is 2. The molecule has 144 valence electrons. The maximum Gasteiger partial charge on any atom is 0.219 e. The van der Waals surface area contributed by atoms with Crippen molar-refractivity contribution in [2.24, 2.45) is 5.92 Å². The van der Waals surface area contributed by atoms with Crippen LogP contribution in [0.15, 0.2) is 42.5 Å². The van der Waals surface area contributed by atoms with E-state index in [9.17, 15) is 9.90 Å². The van der Waals surface area contributed by atoms with E-state index < -0.39 is 0 Å². The lowest BCUT2D eigenvalue weighted by Gasteiger charge is -2.39. The number of aliphatic hydroxyl groups excluding tert-OH is 1. The molecule has 0 bridgehead atoms. The van der Waals surface area contributed by atoms with Crippen LogP contribution in [0.5, 0.6) is 5.75 Å². The number of fused-ring (bicyclic) bond motifs is 3. The highest BCUT2D eigenvalue weighted by molar-refractivity contribution is 5.75. The third-order valence-corrected chi connectivity index (χ3v) is 5.71. The van der Waals surface area contributed by atoms with Gasteiger partial charge in [-0.2, -0.15) is 0 Å². The van der Waals surface area contributed by atoms with Gasteiger partial charge < -0.3 is 20.1 Å². The predicted octanol–water partition coefficient (Wildman–Crippen LogP) is 2.79. The first-order chi connectivity index (χ1) is 13.6. The fourth-order valence-corrected chi connectivity index (χ4v) is 4.31. The number of methoxy groups -OCH3 is 1. The van der Waals surface area contributed by atoms with Crippen molar-refractivity contribution >= 4 is 11.6 Å². The van der Waals surface area contributed by atoms with E-state index in [4.69, 9.17) is 4.74 Å². The molecule has 0 aliphatic carbocycles. The van der Waals surface area contributed by atoms with Gasteiger partial charge in [-0.25, -0.2) is 0 Å². The van der Waals surface area contributed by atoms with E-state index in [1.54, 1.807) is 14.0 Å². The summed E-state index contributed by atoms with van der Waals surface area (Å²) in [5.41, 5.74) is 3.89. The second kappa shape index (κ2) is 7.57. The van der Waals surface area contributed by atoms with E-state index in [2.05, 4.69) is 23.2 Å². The summed E-state index contributed by atoms with van der Waals surface area (Å²) in [4.78, 5) is 14.1. The Balaban J connectivity index is 1.67. The van der Waals surface area contributed by atoms with Crippen LogP contribution in [0.2, 0.25) is 0 Å². The number of nitrogens with zero attached hydrogens (tertiary/aromatic N) is 1. The fourth-order valence-electron chi connectivity index (χ4n) is 4.31. The summed E-state index contributed by atoms with van der Waals surface area (Å²) in [6.45, 7) is 2.40. The Morgan fingerprint density at radius 1 is 1.21 bits per heavy atom. The van der Waals surface area contributed by atoms with E-state index >= 15 is 0 Å². The van der Waals surface area contributed by atoms with Crippen molar-refractivity contribution in [1.82, 2.24) is 4.90 Å². The Labute approximate surface area is 165 Å². The highest BCUT2D eigenvalue weighted by atomic mass is 16.5. The van der Waals surface area contributed by atoms with Gasteiger partial charge in [0.25, 0.3) is 0 Å². The first-order valence-corrected chi connectivity index (χ1v) is 9.55. The number of carbonyl (C=O) groups excluding carboxylic acids is 1.